The van der Waals surface area contributed by atoms with Gasteiger partial charge in [0.25, 0.3) is 0 Å². The summed E-state index contributed by atoms with van der Waals surface area (Å²) in [5.74, 6) is -1.60. The third-order valence-electron chi connectivity index (χ3n) is 2.34. The van der Waals surface area contributed by atoms with Crippen LogP contribution < -0.4 is 10.1 Å². The zero-order chi connectivity index (χ0) is 15.3. The average Bonchev–Trinajstić information content (AvgIpc) is 2.39. The summed E-state index contributed by atoms with van der Waals surface area (Å²) in [6, 6.07) is 8.08. The lowest BCUT2D eigenvalue weighted by Gasteiger charge is -2.17. The van der Waals surface area contributed by atoms with E-state index in [1.54, 1.807) is 30.3 Å². The molecular formula is C12H10Cl3N3O2. The molecule has 0 unspecified atom stereocenters. The van der Waals surface area contributed by atoms with Crippen LogP contribution in [0.4, 0.5) is 5.69 Å². The van der Waals surface area contributed by atoms with Gasteiger partial charge in [-0.15, -0.1) is 0 Å². The molecule has 2 N–H and O–H groups in total. The van der Waals surface area contributed by atoms with Crippen LogP contribution in [-0.4, -0.2) is 22.5 Å². The molecule has 1 rings (SSSR count). The highest BCUT2D eigenvalue weighted by atomic mass is 35.6. The van der Waals surface area contributed by atoms with E-state index in [1.807, 2.05) is 0 Å². The Morgan fingerprint density at radius 1 is 1.40 bits per heavy atom. The zero-order valence-electron chi connectivity index (χ0n) is 10.3. The summed E-state index contributed by atoms with van der Waals surface area (Å²) < 4.78 is 2.87. The van der Waals surface area contributed by atoms with Crippen LogP contribution in [0.25, 0.3) is 0 Å². The van der Waals surface area contributed by atoms with E-state index in [2.05, 4.69) is 5.32 Å². The van der Waals surface area contributed by atoms with E-state index in [0.717, 1.165) is 0 Å². The Kier molecular flexibility index (Phi) is 5.63. The Morgan fingerprint density at radius 3 is 2.35 bits per heavy atom. The molecule has 1 amide bonds. The number of alkyl halides is 3. The predicted molar refractivity (Wildman–Crippen MR) is 78.7 cm³/mol. The minimum atomic E-state index is -2.10. The second kappa shape index (κ2) is 6.80. The van der Waals surface area contributed by atoms with E-state index >= 15 is 0 Å². The summed E-state index contributed by atoms with van der Waals surface area (Å²) in [5.41, 5.74) is -0.163. The van der Waals surface area contributed by atoms with E-state index in [0.29, 0.717) is 11.4 Å². The summed E-state index contributed by atoms with van der Waals surface area (Å²) >= 11 is 16.5. The second-order valence-electron chi connectivity index (χ2n) is 3.69. The first-order chi connectivity index (χ1) is 9.29. The van der Waals surface area contributed by atoms with Crippen molar-refractivity contribution in [2.45, 2.75) is 3.79 Å². The van der Waals surface area contributed by atoms with E-state index < -0.39 is 21.3 Å². The smallest absolute Gasteiger partial charge is 0.247 e. The Balaban J connectivity index is 2.83. The number of methoxy groups -OCH3 is 1. The lowest BCUT2D eigenvalue weighted by atomic mass is 10.1. The van der Waals surface area contributed by atoms with E-state index in [1.165, 1.54) is 7.11 Å². The molecule has 0 bridgehead atoms. The van der Waals surface area contributed by atoms with Crippen LogP contribution in [0, 0.1) is 22.7 Å². The fourth-order valence-corrected chi connectivity index (χ4v) is 1.63. The van der Waals surface area contributed by atoms with Crippen LogP contribution in [-0.2, 0) is 4.79 Å². The second-order valence-corrected chi connectivity index (χ2v) is 5.97. The Morgan fingerprint density at radius 2 is 1.95 bits per heavy atom. The summed E-state index contributed by atoms with van der Waals surface area (Å²) in [5, 5.41) is 19.0. The lowest BCUT2D eigenvalue weighted by Crippen LogP contribution is -2.35. The highest BCUT2D eigenvalue weighted by Crippen LogP contribution is 2.30. The largest absolute Gasteiger partial charge is 0.497 e. The minimum Gasteiger partial charge on any atom is -0.497 e. The number of ether oxygens (including phenoxy) is 1. The monoisotopic (exact) mass is 333 g/mol. The molecule has 0 aliphatic rings. The van der Waals surface area contributed by atoms with Crippen LogP contribution >= 0.6 is 34.8 Å². The van der Waals surface area contributed by atoms with Crippen molar-refractivity contribution >= 4 is 52.1 Å². The molecule has 1 aromatic carbocycles. The summed E-state index contributed by atoms with van der Waals surface area (Å²) in [6.07, 6.45) is 0. The van der Waals surface area contributed by atoms with Gasteiger partial charge in [-0.2, -0.15) is 5.26 Å². The van der Waals surface area contributed by atoms with E-state index in [-0.39, 0.29) is 0 Å². The van der Waals surface area contributed by atoms with E-state index in [4.69, 9.17) is 50.2 Å². The maximum absolute atomic E-state index is 11.9. The van der Waals surface area contributed by atoms with Crippen molar-refractivity contribution in [3.8, 4) is 11.8 Å². The van der Waals surface area contributed by atoms with Gasteiger partial charge in [0, 0.05) is 5.69 Å². The van der Waals surface area contributed by atoms with Crippen molar-refractivity contribution in [1.29, 1.82) is 10.7 Å². The zero-order valence-corrected chi connectivity index (χ0v) is 12.6. The fraction of sp³-hybridized carbons (Fsp3) is 0.250. The first-order valence-corrected chi connectivity index (χ1v) is 6.43. The molecule has 0 heterocycles. The molecule has 0 aromatic heterocycles. The highest BCUT2D eigenvalue weighted by Gasteiger charge is 2.37. The van der Waals surface area contributed by atoms with Gasteiger partial charge >= 0.3 is 0 Å². The van der Waals surface area contributed by atoms with Crippen molar-refractivity contribution in [2.75, 3.05) is 12.4 Å². The van der Waals surface area contributed by atoms with Crippen LogP contribution in [0.15, 0.2) is 24.3 Å². The Bertz CT molecular complexity index is 547. The van der Waals surface area contributed by atoms with E-state index in [9.17, 15) is 4.79 Å². The highest BCUT2D eigenvalue weighted by molar-refractivity contribution is 6.77. The molecule has 1 aromatic rings. The maximum atomic E-state index is 11.9. The van der Waals surface area contributed by atoms with Gasteiger partial charge < -0.3 is 15.5 Å². The summed E-state index contributed by atoms with van der Waals surface area (Å²) in [7, 11) is 1.52. The molecule has 0 saturated heterocycles. The van der Waals surface area contributed by atoms with Crippen LogP contribution in [0.5, 0.6) is 5.75 Å². The van der Waals surface area contributed by atoms with Crippen molar-refractivity contribution in [3.63, 3.8) is 0 Å². The number of nitrogens with one attached hydrogen (secondary N) is 2. The topological polar surface area (TPSA) is 86.0 Å². The van der Waals surface area contributed by atoms with Crippen molar-refractivity contribution in [3.05, 3.63) is 24.3 Å². The number of anilines is 1. The van der Waals surface area contributed by atoms with Crippen molar-refractivity contribution in [1.82, 2.24) is 0 Å². The Hall–Kier alpha value is -1.48. The Labute approximate surface area is 130 Å². The molecule has 20 heavy (non-hydrogen) atoms. The molecule has 106 valence electrons. The van der Waals surface area contributed by atoms with Crippen molar-refractivity contribution in [2.24, 2.45) is 5.92 Å². The number of rotatable bonds is 4. The van der Waals surface area contributed by atoms with Gasteiger partial charge in [0.15, 0.2) is 5.92 Å². The van der Waals surface area contributed by atoms with Gasteiger partial charge in [0.05, 0.1) is 18.9 Å². The molecular weight excluding hydrogens is 325 g/mol. The van der Waals surface area contributed by atoms with Gasteiger partial charge in [0.2, 0.25) is 9.70 Å². The quantitative estimate of drug-likeness (QED) is 0.655. The summed E-state index contributed by atoms with van der Waals surface area (Å²) in [4.78, 5) is 11.9. The van der Waals surface area contributed by atoms with Gasteiger partial charge in [-0.05, 0) is 24.3 Å². The molecule has 0 radical (unpaired) electrons. The number of hydrogen-bond donors (Lipinski definition) is 2. The third-order valence-corrected chi connectivity index (χ3v) is 2.95. The maximum Gasteiger partial charge on any atom is 0.247 e. The van der Waals surface area contributed by atoms with Crippen LogP contribution in [0.2, 0.25) is 0 Å². The first-order valence-electron chi connectivity index (χ1n) is 5.29. The molecule has 0 aliphatic carbocycles. The van der Waals surface area contributed by atoms with Gasteiger partial charge in [-0.3, -0.25) is 4.79 Å². The normalized spacial score (nSPS) is 12.2. The molecule has 0 spiro atoms. The van der Waals surface area contributed by atoms with Gasteiger partial charge in [-0.25, -0.2) is 0 Å². The van der Waals surface area contributed by atoms with Crippen LogP contribution in [0.3, 0.4) is 0 Å². The average molecular weight is 335 g/mol. The van der Waals surface area contributed by atoms with Gasteiger partial charge in [-0.1, -0.05) is 34.8 Å². The molecule has 1 atom stereocenters. The number of carbonyl (C=O) groups is 1. The first kappa shape index (κ1) is 16.6. The number of nitriles is 1. The molecule has 0 saturated carbocycles. The minimum absolute atomic E-state index is 0.438. The van der Waals surface area contributed by atoms with Crippen molar-refractivity contribution < 1.29 is 9.53 Å². The number of amides is 1. The predicted octanol–water partition coefficient (Wildman–Crippen LogP) is 3.16. The van der Waals surface area contributed by atoms with Gasteiger partial charge in [0.1, 0.15) is 5.75 Å². The lowest BCUT2D eigenvalue weighted by molar-refractivity contribution is -0.116. The van der Waals surface area contributed by atoms with Crippen LogP contribution in [0.1, 0.15) is 0 Å². The third kappa shape index (κ3) is 4.27. The number of carbonyl (C=O) groups excluding carboxylic acids is 1. The molecule has 8 heteroatoms. The number of nitrogens with zero attached hydrogens (tertiary/aromatic N) is 1. The summed E-state index contributed by atoms with van der Waals surface area (Å²) in [6.45, 7) is 0. The number of benzene rings is 1. The standard InChI is InChI=1S/C12H10Cl3N3O2/c1-20-8-4-2-7(3-5-8)18-11(19)9(6-16)10(17)12(13,14)15/h2-5,9,17H,1H3,(H,18,19)/t9-/m0/s1. The molecule has 0 fully saturated rings. The molecule has 5 nitrogen and oxygen atoms in total. The number of hydrogen-bond acceptors (Lipinski definition) is 4. The number of halogens is 3. The fourth-order valence-electron chi connectivity index (χ4n) is 1.31. The molecule has 0 aliphatic heterocycles. The SMILES string of the molecule is COc1ccc(NC(=O)[C@@H](C#N)C(=N)C(Cl)(Cl)Cl)cc1.